The lowest BCUT2D eigenvalue weighted by atomic mass is 10.1. The smallest absolute Gasteiger partial charge is 0.339 e. The van der Waals surface area contributed by atoms with Gasteiger partial charge in [0.1, 0.15) is 0 Å². The van der Waals surface area contributed by atoms with Crippen LogP contribution >= 0.6 is 0 Å². The van der Waals surface area contributed by atoms with E-state index in [2.05, 4.69) is 14.2 Å². The van der Waals surface area contributed by atoms with Gasteiger partial charge in [-0.15, -0.1) is 0 Å². The molecule has 0 spiro atoms. The van der Waals surface area contributed by atoms with E-state index in [0.29, 0.717) is 6.42 Å². The Balaban J connectivity index is 3.29. The summed E-state index contributed by atoms with van der Waals surface area (Å²) in [6, 6.07) is 3.91. The van der Waals surface area contributed by atoms with Crippen molar-refractivity contribution in [1.29, 1.82) is 0 Å². The van der Waals surface area contributed by atoms with Crippen LogP contribution in [-0.2, 0) is 19.5 Å². The highest BCUT2D eigenvalue weighted by Crippen LogP contribution is 2.21. The van der Waals surface area contributed by atoms with Gasteiger partial charge in [-0.1, -0.05) is 6.92 Å². The van der Waals surface area contributed by atoms with Crippen LogP contribution in [0.25, 0.3) is 0 Å². The zero-order valence-electron chi connectivity index (χ0n) is 12.0. The largest absolute Gasteiger partial charge is 0.465 e. The van der Waals surface area contributed by atoms with Gasteiger partial charge in [-0.3, -0.25) is 4.72 Å². The lowest BCUT2D eigenvalue weighted by Gasteiger charge is -2.12. The summed E-state index contributed by atoms with van der Waals surface area (Å²) in [6.45, 7) is 1.71. The number of anilines is 1. The van der Waals surface area contributed by atoms with Gasteiger partial charge in [0.2, 0.25) is 10.0 Å². The maximum Gasteiger partial charge on any atom is 0.339 e. The first-order valence-electron chi connectivity index (χ1n) is 6.15. The first-order chi connectivity index (χ1) is 9.84. The summed E-state index contributed by atoms with van der Waals surface area (Å²) in [5, 5.41) is 0. The molecule has 8 heteroatoms. The number of sulfonamides is 1. The van der Waals surface area contributed by atoms with Crippen molar-refractivity contribution in [3.8, 4) is 0 Å². The lowest BCUT2D eigenvalue weighted by molar-refractivity contribution is 0.0587. The number of nitrogens with one attached hydrogen (secondary N) is 1. The minimum absolute atomic E-state index is 0.0156. The Kier molecular flexibility index (Phi) is 5.71. The van der Waals surface area contributed by atoms with Crippen LogP contribution in [0.4, 0.5) is 5.69 Å². The van der Waals surface area contributed by atoms with Gasteiger partial charge in [0.15, 0.2) is 0 Å². The molecule has 1 aromatic carbocycles. The van der Waals surface area contributed by atoms with Crippen LogP contribution < -0.4 is 4.72 Å². The number of methoxy groups -OCH3 is 2. The Morgan fingerprint density at radius 1 is 1.14 bits per heavy atom. The summed E-state index contributed by atoms with van der Waals surface area (Å²) in [4.78, 5) is 23.1. The number of carbonyl (C=O) groups is 2. The van der Waals surface area contributed by atoms with E-state index in [1.807, 2.05) is 0 Å². The second-order valence-corrected chi connectivity index (χ2v) is 6.01. The van der Waals surface area contributed by atoms with Gasteiger partial charge < -0.3 is 9.47 Å². The van der Waals surface area contributed by atoms with Gasteiger partial charge in [-0.25, -0.2) is 18.0 Å². The molecule has 0 aliphatic heterocycles. The fraction of sp³-hybridized carbons (Fsp3) is 0.385. The molecule has 0 aliphatic rings. The Bertz CT molecular complexity index is 638. The van der Waals surface area contributed by atoms with Crippen LogP contribution in [0.3, 0.4) is 0 Å². The number of hydrogen-bond acceptors (Lipinski definition) is 6. The van der Waals surface area contributed by atoms with Crippen molar-refractivity contribution >= 4 is 27.6 Å². The molecule has 0 fully saturated rings. The highest BCUT2D eigenvalue weighted by atomic mass is 32.2. The molecule has 0 aliphatic carbocycles. The van der Waals surface area contributed by atoms with Gasteiger partial charge in [-0.2, -0.15) is 0 Å². The average Bonchev–Trinajstić information content (AvgIpc) is 2.44. The molecule has 0 bridgehead atoms. The molecule has 0 amide bonds. The maximum absolute atomic E-state index is 11.8. The van der Waals surface area contributed by atoms with E-state index >= 15 is 0 Å². The maximum atomic E-state index is 11.8. The minimum Gasteiger partial charge on any atom is -0.465 e. The van der Waals surface area contributed by atoms with Crippen LogP contribution in [0.1, 0.15) is 34.1 Å². The molecular weight excluding hydrogens is 298 g/mol. The second kappa shape index (κ2) is 7.07. The molecule has 0 unspecified atom stereocenters. The quantitative estimate of drug-likeness (QED) is 0.797. The molecule has 7 nitrogen and oxygen atoms in total. The normalized spacial score (nSPS) is 10.8. The topological polar surface area (TPSA) is 98.8 Å². The molecule has 1 aromatic rings. The van der Waals surface area contributed by atoms with Crippen molar-refractivity contribution in [2.24, 2.45) is 0 Å². The molecule has 1 rings (SSSR count). The molecule has 0 aromatic heterocycles. The number of esters is 2. The Labute approximate surface area is 123 Å². The van der Waals surface area contributed by atoms with E-state index in [0.717, 1.165) is 0 Å². The van der Waals surface area contributed by atoms with Crippen molar-refractivity contribution in [1.82, 2.24) is 0 Å². The molecule has 0 atom stereocenters. The van der Waals surface area contributed by atoms with Gasteiger partial charge in [0.05, 0.1) is 36.8 Å². The van der Waals surface area contributed by atoms with Gasteiger partial charge in [0, 0.05) is 0 Å². The fourth-order valence-electron chi connectivity index (χ4n) is 1.65. The monoisotopic (exact) mass is 315 g/mol. The summed E-state index contributed by atoms with van der Waals surface area (Å²) >= 11 is 0. The predicted octanol–water partition coefficient (Wildman–Crippen LogP) is 1.41. The van der Waals surface area contributed by atoms with Crippen molar-refractivity contribution < 1.29 is 27.5 Å². The standard InChI is InChI=1S/C13H17NO6S/c1-4-7-21(17,18)14-11-8-9(12(15)19-2)5-6-10(11)13(16)20-3/h5-6,8,14H,4,7H2,1-3H3. The van der Waals surface area contributed by atoms with E-state index in [-0.39, 0.29) is 22.6 Å². The summed E-state index contributed by atoms with van der Waals surface area (Å²) in [5.41, 5.74) is 0.127. The molecule has 0 radical (unpaired) electrons. The molecule has 116 valence electrons. The van der Waals surface area contributed by atoms with Gasteiger partial charge in [-0.05, 0) is 24.6 Å². The zero-order valence-corrected chi connectivity index (χ0v) is 12.8. The number of benzene rings is 1. The van der Waals surface area contributed by atoms with Crippen LogP contribution in [0.15, 0.2) is 18.2 Å². The van der Waals surface area contributed by atoms with Gasteiger partial charge in [0.25, 0.3) is 0 Å². The van der Waals surface area contributed by atoms with Crippen LogP contribution in [0.2, 0.25) is 0 Å². The third kappa shape index (κ3) is 4.45. The molecule has 1 N–H and O–H groups in total. The summed E-state index contributed by atoms with van der Waals surface area (Å²) in [5.74, 6) is -1.45. The third-order valence-electron chi connectivity index (χ3n) is 2.58. The number of hydrogen-bond donors (Lipinski definition) is 1. The first-order valence-corrected chi connectivity index (χ1v) is 7.81. The van der Waals surface area contributed by atoms with Crippen LogP contribution in [0, 0.1) is 0 Å². The van der Waals surface area contributed by atoms with E-state index in [1.165, 1.54) is 32.4 Å². The van der Waals surface area contributed by atoms with Crippen molar-refractivity contribution in [3.05, 3.63) is 29.3 Å². The van der Waals surface area contributed by atoms with Crippen molar-refractivity contribution in [2.45, 2.75) is 13.3 Å². The molecule has 21 heavy (non-hydrogen) atoms. The number of ether oxygens (including phenoxy) is 2. The first kappa shape index (κ1) is 17.0. The lowest BCUT2D eigenvalue weighted by Crippen LogP contribution is -2.19. The molecular formula is C13H17NO6S. The highest BCUT2D eigenvalue weighted by molar-refractivity contribution is 7.92. The Morgan fingerprint density at radius 2 is 1.76 bits per heavy atom. The van der Waals surface area contributed by atoms with Crippen molar-refractivity contribution in [3.63, 3.8) is 0 Å². The number of carbonyl (C=O) groups excluding carboxylic acids is 2. The van der Waals surface area contributed by atoms with E-state index < -0.39 is 22.0 Å². The molecule has 0 saturated heterocycles. The zero-order chi connectivity index (χ0) is 16.0. The van der Waals surface area contributed by atoms with Crippen LogP contribution in [-0.4, -0.2) is 40.3 Å². The summed E-state index contributed by atoms with van der Waals surface area (Å²) < 4.78 is 35.1. The second-order valence-electron chi connectivity index (χ2n) is 4.16. The Morgan fingerprint density at radius 3 is 2.29 bits per heavy atom. The van der Waals surface area contributed by atoms with E-state index in [1.54, 1.807) is 6.92 Å². The fourth-order valence-corrected chi connectivity index (χ4v) is 2.79. The van der Waals surface area contributed by atoms with E-state index in [4.69, 9.17) is 0 Å². The van der Waals surface area contributed by atoms with Crippen LogP contribution in [0.5, 0.6) is 0 Å². The predicted molar refractivity (Wildman–Crippen MR) is 76.8 cm³/mol. The third-order valence-corrected chi connectivity index (χ3v) is 4.06. The Hall–Kier alpha value is -2.09. The summed E-state index contributed by atoms with van der Waals surface area (Å²) in [6.07, 6.45) is 0.416. The average molecular weight is 315 g/mol. The SMILES string of the molecule is CCCS(=O)(=O)Nc1cc(C(=O)OC)ccc1C(=O)OC. The summed E-state index contributed by atoms with van der Waals surface area (Å²) in [7, 11) is -1.22. The minimum atomic E-state index is -3.61. The molecule has 0 saturated carbocycles. The highest BCUT2D eigenvalue weighted by Gasteiger charge is 2.19. The van der Waals surface area contributed by atoms with Crippen molar-refractivity contribution in [2.75, 3.05) is 24.7 Å². The molecule has 0 heterocycles. The van der Waals surface area contributed by atoms with E-state index in [9.17, 15) is 18.0 Å². The number of rotatable bonds is 6. The van der Waals surface area contributed by atoms with Gasteiger partial charge >= 0.3 is 11.9 Å².